The number of pyridine rings is 1. The molecule has 148 valence electrons. The van der Waals surface area contributed by atoms with E-state index >= 15 is 0 Å². The molecular weight excluding hydrogens is 383 g/mol. The van der Waals surface area contributed by atoms with E-state index in [0.29, 0.717) is 28.2 Å². The van der Waals surface area contributed by atoms with Gasteiger partial charge in [0.1, 0.15) is 11.5 Å². The van der Waals surface area contributed by atoms with Crippen LogP contribution in [-0.4, -0.2) is 30.9 Å². The van der Waals surface area contributed by atoms with Crippen LogP contribution in [0.25, 0.3) is 27.7 Å². The number of nitrogens with zero attached hydrogens (tertiary/aromatic N) is 4. The van der Waals surface area contributed by atoms with E-state index in [1.807, 2.05) is 26.0 Å². The van der Waals surface area contributed by atoms with E-state index in [-0.39, 0.29) is 11.7 Å². The molecule has 0 radical (unpaired) electrons. The number of carbonyl (C=O) groups is 1. The molecule has 0 atom stereocenters. The predicted molar refractivity (Wildman–Crippen MR) is 112 cm³/mol. The Labute approximate surface area is 170 Å². The zero-order chi connectivity index (χ0) is 20.8. The highest BCUT2D eigenvalue weighted by atomic mass is 19.1. The summed E-state index contributed by atoms with van der Waals surface area (Å²) in [5, 5.41) is 18.8. The van der Waals surface area contributed by atoms with Gasteiger partial charge in [-0.15, -0.1) is 5.10 Å². The number of anilines is 1. The molecule has 5 aromatic rings. The highest BCUT2D eigenvalue weighted by Gasteiger charge is 2.18. The molecule has 0 aliphatic carbocycles. The second-order valence-electron chi connectivity index (χ2n) is 7.12. The van der Waals surface area contributed by atoms with Crippen LogP contribution in [-0.2, 0) is 0 Å². The lowest BCUT2D eigenvalue weighted by Gasteiger charge is -2.12. The topological polar surface area (TPSA) is 88.0 Å². The number of fused-ring (bicyclic) bond motifs is 2. The number of hydrogen-bond donors (Lipinski definition) is 2. The van der Waals surface area contributed by atoms with Crippen LogP contribution in [0.2, 0.25) is 0 Å². The summed E-state index contributed by atoms with van der Waals surface area (Å²) in [6, 6.07) is 13.7. The Balaban J connectivity index is 1.54. The minimum absolute atomic E-state index is 0.252. The van der Waals surface area contributed by atoms with Gasteiger partial charge in [0.15, 0.2) is 0 Å². The zero-order valence-corrected chi connectivity index (χ0v) is 16.3. The lowest BCUT2D eigenvalue weighted by Crippen LogP contribution is -2.17. The fourth-order valence-electron chi connectivity index (χ4n) is 3.77. The number of halogens is 1. The van der Waals surface area contributed by atoms with Crippen molar-refractivity contribution in [2.24, 2.45) is 0 Å². The van der Waals surface area contributed by atoms with Gasteiger partial charge in [0, 0.05) is 16.6 Å². The van der Waals surface area contributed by atoms with Crippen molar-refractivity contribution in [2.45, 2.75) is 13.8 Å². The van der Waals surface area contributed by atoms with Crippen LogP contribution in [0.3, 0.4) is 0 Å². The fourth-order valence-corrected chi connectivity index (χ4v) is 3.77. The third kappa shape index (κ3) is 2.81. The number of aryl methyl sites for hydroxylation is 2. The number of H-pyrrole nitrogens is 1. The van der Waals surface area contributed by atoms with Gasteiger partial charge in [-0.3, -0.25) is 9.89 Å². The second kappa shape index (κ2) is 6.77. The molecule has 0 bridgehead atoms. The van der Waals surface area contributed by atoms with E-state index in [1.165, 1.54) is 6.07 Å². The van der Waals surface area contributed by atoms with Crippen molar-refractivity contribution in [2.75, 3.05) is 5.32 Å². The van der Waals surface area contributed by atoms with Gasteiger partial charge in [0.05, 0.1) is 28.5 Å². The maximum Gasteiger partial charge on any atom is 0.257 e. The minimum atomic E-state index is -0.354. The highest BCUT2D eigenvalue weighted by Crippen LogP contribution is 2.30. The van der Waals surface area contributed by atoms with Gasteiger partial charge >= 0.3 is 0 Å². The van der Waals surface area contributed by atoms with E-state index in [2.05, 4.69) is 25.8 Å². The summed E-state index contributed by atoms with van der Waals surface area (Å²) in [5.41, 5.74) is 5.14. The average molecular weight is 400 g/mol. The molecule has 3 heterocycles. The number of rotatable bonds is 3. The Kier molecular flexibility index (Phi) is 4.06. The number of amides is 1. The molecule has 0 unspecified atom stereocenters. The van der Waals surface area contributed by atoms with Crippen LogP contribution < -0.4 is 5.32 Å². The summed E-state index contributed by atoms with van der Waals surface area (Å²) < 4.78 is 15.9. The zero-order valence-electron chi connectivity index (χ0n) is 16.3. The summed E-state index contributed by atoms with van der Waals surface area (Å²) >= 11 is 0. The molecule has 0 fully saturated rings. The molecule has 1 amide bonds. The standard InChI is InChI=1S/C22H17FN6O/c1-12-9-15-11-24-28-29(15)13(2)20(12)22(30)25-14-7-8-19-17(10-14)21(27-26-19)16-5-3-4-6-18(16)23/h3-11H,1-2H3,(H,25,30)(H,26,27). The van der Waals surface area contributed by atoms with E-state index in [4.69, 9.17) is 0 Å². The molecule has 0 saturated heterocycles. The largest absolute Gasteiger partial charge is 0.322 e. The first-order chi connectivity index (χ1) is 14.5. The SMILES string of the molecule is Cc1cc2cnnn2c(C)c1C(=O)Nc1ccc2[nH]nc(-c3ccccc3F)c2c1. The van der Waals surface area contributed by atoms with Crippen molar-refractivity contribution in [1.29, 1.82) is 0 Å². The quantitative estimate of drug-likeness (QED) is 0.473. The van der Waals surface area contributed by atoms with E-state index < -0.39 is 0 Å². The van der Waals surface area contributed by atoms with Crippen molar-refractivity contribution in [1.82, 2.24) is 25.0 Å². The van der Waals surface area contributed by atoms with Crippen molar-refractivity contribution in [3.8, 4) is 11.3 Å². The summed E-state index contributed by atoms with van der Waals surface area (Å²) in [7, 11) is 0. The maximum atomic E-state index is 14.3. The van der Waals surface area contributed by atoms with Gasteiger partial charge < -0.3 is 5.32 Å². The number of aromatic amines is 1. The Morgan fingerprint density at radius 2 is 1.97 bits per heavy atom. The number of aromatic nitrogens is 5. The normalized spacial score (nSPS) is 11.3. The number of hydrogen-bond acceptors (Lipinski definition) is 4. The van der Waals surface area contributed by atoms with Gasteiger partial charge in [-0.1, -0.05) is 17.3 Å². The van der Waals surface area contributed by atoms with E-state index in [9.17, 15) is 9.18 Å². The predicted octanol–water partition coefficient (Wildman–Crippen LogP) is 4.28. The van der Waals surface area contributed by atoms with Crippen LogP contribution in [0.5, 0.6) is 0 Å². The van der Waals surface area contributed by atoms with Gasteiger partial charge in [-0.05, 0) is 55.8 Å². The Bertz CT molecular complexity index is 1430. The first-order valence-corrected chi connectivity index (χ1v) is 9.38. The monoisotopic (exact) mass is 400 g/mol. The van der Waals surface area contributed by atoms with E-state index in [0.717, 1.165) is 22.0 Å². The number of benzene rings is 2. The third-order valence-electron chi connectivity index (χ3n) is 5.19. The van der Waals surface area contributed by atoms with Crippen LogP contribution >= 0.6 is 0 Å². The van der Waals surface area contributed by atoms with Crippen LogP contribution in [0.1, 0.15) is 21.6 Å². The minimum Gasteiger partial charge on any atom is -0.322 e. The maximum absolute atomic E-state index is 14.3. The molecule has 3 aromatic heterocycles. The molecule has 2 aromatic carbocycles. The summed E-state index contributed by atoms with van der Waals surface area (Å²) in [4.78, 5) is 13.0. The molecule has 0 spiro atoms. The van der Waals surface area contributed by atoms with Gasteiger partial charge in [-0.25, -0.2) is 8.91 Å². The molecular formula is C22H17FN6O. The lowest BCUT2D eigenvalue weighted by molar-refractivity contribution is 0.102. The van der Waals surface area contributed by atoms with Crippen LogP contribution in [0.4, 0.5) is 10.1 Å². The number of nitrogens with one attached hydrogen (secondary N) is 2. The molecule has 7 nitrogen and oxygen atoms in total. The third-order valence-corrected chi connectivity index (χ3v) is 5.19. The van der Waals surface area contributed by atoms with Gasteiger partial charge in [-0.2, -0.15) is 5.10 Å². The van der Waals surface area contributed by atoms with Crippen molar-refractivity contribution >= 4 is 28.0 Å². The van der Waals surface area contributed by atoms with Crippen molar-refractivity contribution in [3.63, 3.8) is 0 Å². The molecule has 2 N–H and O–H groups in total. The van der Waals surface area contributed by atoms with E-state index in [1.54, 1.807) is 41.0 Å². The van der Waals surface area contributed by atoms with Crippen molar-refractivity contribution < 1.29 is 9.18 Å². The molecule has 0 aliphatic rings. The highest BCUT2D eigenvalue weighted by molar-refractivity contribution is 6.07. The Morgan fingerprint density at radius 1 is 1.13 bits per heavy atom. The molecule has 30 heavy (non-hydrogen) atoms. The lowest BCUT2D eigenvalue weighted by atomic mass is 10.1. The molecule has 5 rings (SSSR count). The Hall–Kier alpha value is -4.07. The first-order valence-electron chi connectivity index (χ1n) is 9.38. The smallest absolute Gasteiger partial charge is 0.257 e. The first kappa shape index (κ1) is 18.0. The summed E-state index contributed by atoms with van der Waals surface area (Å²) in [6.07, 6.45) is 1.65. The molecule has 0 aliphatic heterocycles. The molecule has 0 saturated carbocycles. The van der Waals surface area contributed by atoms with Crippen LogP contribution in [0, 0.1) is 19.7 Å². The second-order valence-corrected chi connectivity index (χ2v) is 7.12. The number of carbonyl (C=O) groups excluding carboxylic acids is 1. The summed E-state index contributed by atoms with van der Waals surface area (Å²) in [5.74, 6) is -0.606. The van der Waals surface area contributed by atoms with Crippen LogP contribution in [0.15, 0.2) is 54.7 Å². The van der Waals surface area contributed by atoms with Crippen molar-refractivity contribution in [3.05, 3.63) is 77.4 Å². The van der Waals surface area contributed by atoms with Gasteiger partial charge in [0.25, 0.3) is 5.91 Å². The average Bonchev–Trinajstić information content (AvgIpc) is 3.35. The summed E-state index contributed by atoms with van der Waals surface area (Å²) in [6.45, 7) is 3.71. The fraction of sp³-hybridized carbons (Fsp3) is 0.0909. The molecule has 8 heteroatoms. The Morgan fingerprint density at radius 3 is 2.80 bits per heavy atom. The van der Waals surface area contributed by atoms with Gasteiger partial charge in [0.2, 0.25) is 0 Å².